The van der Waals surface area contributed by atoms with Crippen LogP contribution in [0.1, 0.15) is 40.0 Å². The molecule has 5 heteroatoms. The molecule has 0 heterocycles. The summed E-state index contributed by atoms with van der Waals surface area (Å²) in [5.41, 5.74) is -0.394. The number of hydrogen-bond acceptors (Lipinski definition) is 4. The van der Waals surface area contributed by atoms with Crippen LogP contribution in [0.25, 0.3) is 0 Å². The Hall–Kier alpha value is -0.545. The first-order valence-electron chi connectivity index (χ1n) is 5.82. The molecule has 4 nitrogen and oxygen atoms in total. The number of esters is 1. The van der Waals surface area contributed by atoms with Gasteiger partial charge in [0, 0.05) is 0 Å². The SMILES string of the molecule is CC(C)(C)OC(=O)C1CC2(C1)CC2B(O)O. The van der Waals surface area contributed by atoms with Crippen LogP contribution < -0.4 is 0 Å². The van der Waals surface area contributed by atoms with Crippen LogP contribution in [0.3, 0.4) is 0 Å². The van der Waals surface area contributed by atoms with E-state index in [4.69, 9.17) is 14.8 Å². The lowest BCUT2D eigenvalue weighted by Crippen LogP contribution is -2.38. The zero-order chi connectivity index (χ0) is 12.1. The third-order valence-corrected chi connectivity index (χ3v) is 3.66. The zero-order valence-electron chi connectivity index (χ0n) is 10.1. The molecule has 0 amide bonds. The Labute approximate surface area is 96.1 Å². The van der Waals surface area contributed by atoms with Gasteiger partial charge in [-0.3, -0.25) is 4.79 Å². The molecular weight excluding hydrogens is 207 g/mol. The van der Waals surface area contributed by atoms with E-state index in [0.29, 0.717) is 0 Å². The topological polar surface area (TPSA) is 66.8 Å². The molecule has 0 aromatic rings. The fraction of sp³-hybridized carbons (Fsp3) is 0.909. The number of rotatable bonds is 2. The monoisotopic (exact) mass is 226 g/mol. The van der Waals surface area contributed by atoms with Crippen LogP contribution in [-0.4, -0.2) is 28.7 Å². The van der Waals surface area contributed by atoms with E-state index in [9.17, 15) is 4.79 Å². The lowest BCUT2D eigenvalue weighted by atomic mass is 9.64. The van der Waals surface area contributed by atoms with Crippen LogP contribution in [0.15, 0.2) is 0 Å². The highest BCUT2D eigenvalue weighted by Crippen LogP contribution is 2.72. The Kier molecular flexibility index (Phi) is 2.59. The normalized spacial score (nSPS) is 36.8. The third-order valence-electron chi connectivity index (χ3n) is 3.66. The molecule has 0 aromatic carbocycles. The van der Waals surface area contributed by atoms with Crippen LogP contribution in [0.5, 0.6) is 0 Å². The van der Waals surface area contributed by atoms with Crippen molar-refractivity contribution in [3.63, 3.8) is 0 Å². The average molecular weight is 226 g/mol. The summed E-state index contributed by atoms with van der Waals surface area (Å²) in [4.78, 5) is 11.7. The van der Waals surface area contributed by atoms with Crippen molar-refractivity contribution in [2.24, 2.45) is 11.3 Å². The summed E-state index contributed by atoms with van der Waals surface area (Å²) in [6, 6.07) is 0. The molecule has 0 aromatic heterocycles. The highest BCUT2D eigenvalue weighted by molar-refractivity contribution is 6.44. The fourth-order valence-electron chi connectivity index (χ4n) is 2.74. The highest BCUT2D eigenvalue weighted by atomic mass is 16.6. The molecule has 16 heavy (non-hydrogen) atoms. The Morgan fingerprint density at radius 3 is 2.25 bits per heavy atom. The second kappa shape index (κ2) is 3.47. The molecular formula is C11H19BO4. The van der Waals surface area contributed by atoms with Gasteiger partial charge in [-0.15, -0.1) is 0 Å². The van der Waals surface area contributed by atoms with E-state index < -0.39 is 12.7 Å². The van der Waals surface area contributed by atoms with E-state index in [1.165, 1.54) is 0 Å². The fourth-order valence-corrected chi connectivity index (χ4v) is 2.74. The summed E-state index contributed by atoms with van der Waals surface area (Å²) in [7, 11) is -1.22. The van der Waals surface area contributed by atoms with Gasteiger partial charge in [-0.25, -0.2) is 0 Å². The van der Waals surface area contributed by atoms with E-state index in [-0.39, 0.29) is 23.1 Å². The molecule has 2 saturated carbocycles. The maximum Gasteiger partial charge on any atom is 0.455 e. The molecule has 0 aliphatic heterocycles. The smallest absolute Gasteiger partial charge is 0.455 e. The molecule has 0 bridgehead atoms. The summed E-state index contributed by atoms with van der Waals surface area (Å²) >= 11 is 0. The van der Waals surface area contributed by atoms with Crippen LogP contribution in [0.4, 0.5) is 0 Å². The predicted molar refractivity (Wildman–Crippen MR) is 59.6 cm³/mol. The van der Waals surface area contributed by atoms with Gasteiger partial charge in [0.25, 0.3) is 0 Å². The van der Waals surface area contributed by atoms with Crippen molar-refractivity contribution in [1.82, 2.24) is 0 Å². The quantitative estimate of drug-likeness (QED) is 0.543. The maximum atomic E-state index is 11.7. The number of ether oxygens (including phenoxy) is 1. The molecule has 90 valence electrons. The summed E-state index contributed by atoms with van der Waals surface area (Å²) in [5.74, 6) is -0.203. The van der Waals surface area contributed by atoms with Crippen molar-refractivity contribution in [2.75, 3.05) is 0 Å². The van der Waals surface area contributed by atoms with E-state index in [2.05, 4.69) is 0 Å². The van der Waals surface area contributed by atoms with E-state index in [0.717, 1.165) is 19.3 Å². The minimum atomic E-state index is -1.22. The van der Waals surface area contributed by atoms with Crippen LogP contribution in [0.2, 0.25) is 5.82 Å². The van der Waals surface area contributed by atoms with E-state index in [1.54, 1.807) is 0 Å². The van der Waals surface area contributed by atoms with Crippen molar-refractivity contribution < 1.29 is 19.6 Å². The number of carbonyl (C=O) groups is 1. The van der Waals surface area contributed by atoms with Crippen molar-refractivity contribution >= 4 is 13.1 Å². The predicted octanol–water partition coefficient (Wildman–Crippen LogP) is 0.971. The minimum absolute atomic E-state index is 0.0220. The summed E-state index contributed by atoms with van der Waals surface area (Å²) in [6.45, 7) is 5.57. The lowest BCUT2D eigenvalue weighted by molar-refractivity contribution is -0.165. The Balaban J connectivity index is 1.79. The molecule has 2 N–H and O–H groups in total. The summed E-state index contributed by atoms with van der Waals surface area (Å²) < 4.78 is 5.29. The molecule has 1 atom stereocenters. The van der Waals surface area contributed by atoms with Gasteiger partial charge in [0.05, 0.1) is 5.92 Å². The van der Waals surface area contributed by atoms with Crippen molar-refractivity contribution in [1.29, 1.82) is 0 Å². The second-order valence-electron chi connectivity index (χ2n) is 6.23. The Morgan fingerprint density at radius 1 is 1.31 bits per heavy atom. The van der Waals surface area contributed by atoms with Crippen LogP contribution in [-0.2, 0) is 9.53 Å². The molecule has 0 radical (unpaired) electrons. The molecule has 2 aliphatic carbocycles. The molecule has 2 fully saturated rings. The first kappa shape index (κ1) is 11.9. The van der Waals surface area contributed by atoms with Crippen molar-refractivity contribution in [2.45, 2.75) is 51.5 Å². The minimum Gasteiger partial charge on any atom is -0.460 e. The Bertz CT molecular complexity index is 302. The van der Waals surface area contributed by atoms with Crippen molar-refractivity contribution in [3.05, 3.63) is 0 Å². The third kappa shape index (κ3) is 2.11. The van der Waals surface area contributed by atoms with Gasteiger partial charge in [0.2, 0.25) is 0 Å². The van der Waals surface area contributed by atoms with Gasteiger partial charge >= 0.3 is 13.1 Å². The van der Waals surface area contributed by atoms with Gasteiger partial charge in [0.1, 0.15) is 5.60 Å². The average Bonchev–Trinajstić information content (AvgIpc) is 2.71. The molecule has 0 saturated heterocycles. The Morgan fingerprint density at radius 2 is 1.88 bits per heavy atom. The molecule has 2 rings (SSSR count). The summed E-state index contributed by atoms with van der Waals surface area (Å²) in [6.07, 6.45) is 2.35. The van der Waals surface area contributed by atoms with Gasteiger partial charge in [-0.2, -0.15) is 0 Å². The molecule has 1 unspecified atom stereocenters. The molecule has 2 aliphatic rings. The summed E-state index contributed by atoms with van der Waals surface area (Å²) in [5, 5.41) is 18.1. The van der Waals surface area contributed by atoms with Gasteiger partial charge in [-0.05, 0) is 51.3 Å². The molecule has 1 spiro atoms. The first-order valence-corrected chi connectivity index (χ1v) is 5.82. The first-order chi connectivity index (χ1) is 7.23. The number of hydrogen-bond donors (Lipinski definition) is 2. The van der Waals surface area contributed by atoms with Crippen LogP contribution in [0, 0.1) is 11.3 Å². The van der Waals surface area contributed by atoms with Crippen LogP contribution >= 0.6 is 0 Å². The zero-order valence-corrected chi connectivity index (χ0v) is 10.1. The van der Waals surface area contributed by atoms with Gasteiger partial charge in [-0.1, -0.05) is 0 Å². The van der Waals surface area contributed by atoms with Gasteiger partial charge < -0.3 is 14.8 Å². The highest BCUT2D eigenvalue weighted by Gasteiger charge is 2.66. The van der Waals surface area contributed by atoms with Gasteiger partial charge in [0.15, 0.2) is 0 Å². The number of carbonyl (C=O) groups excluding carboxylic acids is 1. The standard InChI is InChI=1S/C11H19BO4/c1-10(2,3)16-9(13)7-4-11(5-7)6-8(11)12(14)15/h7-8,14-15H,4-6H2,1-3H3. The largest absolute Gasteiger partial charge is 0.460 e. The second-order valence-corrected chi connectivity index (χ2v) is 6.23. The van der Waals surface area contributed by atoms with E-state index in [1.807, 2.05) is 20.8 Å². The van der Waals surface area contributed by atoms with Crippen molar-refractivity contribution in [3.8, 4) is 0 Å². The lowest BCUT2D eigenvalue weighted by Gasteiger charge is -2.37. The maximum absolute atomic E-state index is 11.7. The van der Waals surface area contributed by atoms with E-state index >= 15 is 0 Å².